The molecule has 0 aliphatic heterocycles. The number of hydrogen-bond acceptors (Lipinski definition) is 3. The van der Waals surface area contributed by atoms with Crippen molar-refractivity contribution in [1.82, 2.24) is 0 Å². The summed E-state index contributed by atoms with van der Waals surface area (Å²) >= 11 is 0. The van der Waals surface area contributed by atoms with E-state index >= 15 is 0 Å². The van der Waals surface area contributed by atoms with Crippen LogP contribution >= 0.6 is 0 Å². The minimum absolute atomic E-state index is 0.497. The second kappa shape index (κ2) is 3.12. The van der Waals surface area contributed by atoms with Crippen LogP contribution in [0.15, 0.2) is 0 Å². The summed E-state index contributed by atoms with van der Waals surface area (Å²) in [4.78, 5) is 0. The van der Waals surface area contributed by atoms with Crippen molar-refractivity contribution in [2.45, 2.75) is 6.10 Å². The Morgan fingerprint density at radius 1 is 1.67 bits per heavy atom. The Labute approximate surface area is 53.4 Å². The predicted octanol–water partition coefficient (Wildman–Crippen LogP) is -0.639. The van der Waals surface area contributed by atoms with Crippen LogP contribution in [0.3, 0.4) is 0 Å². The molecule has 56 valence electrons. The topological polar surface area (TPSA) is 54.4 Å². The lowest BCUT2D eigenvalue weighted by molar-refractivity contribution is 0.160. The summed E-state index contributed by atoms with van der Waals surface area (Å²) in [6.07, 6.45) is -0.411. The molecular weight excluding hydrogens is 147 g/mol. The van der Waals surface area contributed by atoms with E-state index in [0.717, 1.165) is 6.26 Å². The van der Waals surface area contributed by atoms with Gasteiger partial charge in [-0.2, -0.15) is 0 Å². The van der Waals surface area contributed by atoms with Gasteiger partial charge < -0.3 is 5.11 Å². The lowest BCUT2D eigenvalue weighted by Crippen LogP contribution is -2.21. The predicted molar refractivity (Wildman–Crippen MR) is 31.7 cm³/mol. The van der Waals surface area contributed by atoms with Gasteiger partial charge in [0.1, 0.15) is 16.5 Å². The highest BCUT2D eigenvalue weighted by molar-refractivity contribution is 7.90. The van der Waals surface area contributed by atoms with Crippen molar-refractivity contribution in [1.29, 1.82) is 0 Å². The van der Waals surface area contributed by atoms with Gasteiger partial charge in [0.15, 0.2) is 0 Å². The van der Waals surface area contributed by atoms with Crippen molar-refractivity contribution < 1.29 is 17.9 Å². The van der Waals surface area contributed by atoms with E-state index in [0.29, 0.717) is 0 Å². The van der Waals surface area contributed by atoms with E-state index in [2.05, 4.69) is 0 Å². The quantitative estimate of drug-likeness (QED) is 0.591. The molecular formula is C4H9FO3S. The highest BCUT2D eigenvalue weighted by Gasteiger charge is 2.10. The van der Waals surface area contributed by atoms with Gasteiger partial charge in [0, 0.05) is 6.26 Å². The summed E-state index contributed by atoms with van der Waals surface area (Å²) in [5.74, 6) is -0.497. The fourth-order valence-corrected chi connectivity index (χ4v) is 1.18. The van der Waals surface area contributed by atoms with Crippen molar-refractivity contribution in [3.63, 3.8) is 0 Å². The van der Waals surface area contributed by atoms with Crippen LogP contribution in [0.2, 0.25) is 0 Å². The molecule has 0 aromatic heterocycles. The lowest BCUT2D eigenvalue weighted by Gasteiger charge is -2.01. The number of aliphatic hydroxyl groups excluding tert-OH is 1. The minimum atomic E-state index is -3.23. The molecule has 9 heavy (non-hydrogen) atoms. The van der Waals surface area contributed by atoms with Crippen molar-refractivity contribution in [2.75, 3.05) is 18.7 Å². The van der Waals surface area contributed by atoms with Crippen LogP contribution in [-0.2, 0) is 9.84 Å². The number of sulfone groups is 1. The molecule has 1 unspecified atom stereocenters. The van der Waals surface area contributed by atoms with Gasteiger partial charge >= 0.3 is 0 Å². The molecule has 1 atom stereocenters. The molecule has 0 rings (SSSR count). The first-order chi connectivity index (χ1) is 3.95. The van der Waals surface area contributed by atoms with Gasteiger partial charge in [0.05, 0.1) is 11.9 Å². The molecule has 0 fully saturated rings. The van der Waals surface area contributed by atoms with E-state index in [1.54, 1.807) is 0 Å². The standard InChI is InChI=1S/C4H9FO3S/c1-9(7,8)3-4(6)2-5/h4,6H,2-3H2,1H3. The third-order valence-corrected chi connectivity index (χ3v) is 1.66. The number of hydrogen-bond donors (Lipinski definition) is 1. The molecule has 0 aromatic carbocycles. The maximum Gasteiger partial charge on any atom is 0.150 e. The first-order valence-corrected chi connectivity index (χ1v) is 4.43. The van der Waals surface area contributed by atoms with Crippen LogP contribution in [0.25, 0.3) is 0 Å². The zero-order valence-electron chi connectivity index (χ0n) is 5.04. The average Bonchev–Trinajstić information content (AvgIpc) is 1.62. The average molecular weight is 156 g/mol. The Kier molecular flexibility index (Phi) is 3.07. The first-order valence-electron chi connectivity index (χ1n) is 2.37. The van der Waals surface area contributed by atoms with E-state index < -0.39 is 28.4 Å². The van der Waals surface area contributed by atoms with Gasteiger partial charge in [0.25, 0.3) is 0 Å². The molecule has 0 amide bonds. The Hall–Kier alpha value is -0.160. The smallest absolute Gasteiger partial charge is 0.150 e. The van der Waals surface area contributed by atoms with Crippen molar-refractivity contribution in [3.05, 3.63) is 0 Å². The van der Waals surface area contributed by atoms with Gasteiger partial charge in [-0.15, -0.1) is 0 Å². The van der Waals surface area contributed by atoms with Crippen molar-refractivity contribution in [2.24, 2.45) is 0 Å². The van der Waals surface area contributed by atoms with Crippen LogP contribution < -0.4 is 0 Å². The minimum Gasteiger partial charge on any atom is -0.389 e. The normalized spacial score (nSPS) is 15.4. The fourth-order valence-electron chi connectivity index (χ4n) is 0.394. The van der Waals surface area contributed by atoms with Gasteiger partial charge in [-0.05, 0) is 0 Å². The number of aliphatic hydroxyl groups is 1. The molecule has 0 aromatic rings. The summed E-state index contributed by atoms with van der Waals surface area (Å²) in [5, 5.41) is 8.44. The van der Waals surface area contributed by atoms with Gasteiger partial charge in [-0.3, -0.25) is 0 Å². The maximum atomic E-state index is 11.4. The third kappa shape index (κ3) is 5.72. The van der Waals surface area contributed by atoms with E-state index in [1.807, 2.05) is 0 Å². The summed E-state index contributed by atoms with van der Waals surface area (Å²) in [7, 11) is -3.23. The number of alkyl halides is 1. The molecule has 0 radical (unpaired) electrons. The second-order valence-electron chi connectivity index (χ2n) is 1.90. The molecule has 0 saturated carbocycles. The van der Waals surface area contributed by atoms with Gasteiger partial charge in [0.2, 0.25) is 0 Å². The molecule has 0 saturated heterocycles. The molecule has 3 nitrogen and oxygen atoms in total. The molecule has 0 heterocycles. The summed E-state index contributed by atoms with van der Waals surface area (Å²) < 4.78 is 32.0. The largest absolute Gasteiger partial charge is 0.389 e. The van der Waals surface area contributed by atoms with E-state index in [-0.39, 0.29) is 0 Å². The van der Waals surface area contributed by atoms with E-state index in [4.69, 9.17) is 5.11 Å². The third-order valence-electron chi connectivity index (χ3n) is 0.673. The Balaban J connectivity index is 3.75. The van der Waals surface area contributed by atoms with Crippen LogP contribution in [0.5, 0.6) is 0 Å². The monoisotopic (exact) mass is 156 g/mol. The summed E-state index contributed by atoms with van der Waals surface area (Å²) in [6.45, 7) is -1.01. The maximum absolute atomic E-state index is 11.4. The lowest BCUT2D eigenvalue weighted by atomic mass is 10.5. The number of halogens is 1. The van der Waals surface area contributed by atoms with E-state index in [1.165, 1.54) is 0 Å². The van der Waals surface area contributed by atoms with Gasteiger partial charge in [-0.25, -0.2) is 12.8 Å². The molecule has 5 heteroatoms. The molecule has 0 aliphatic rings. The van der Waals surface area contributed by atoms with Gasteiger partial charge in [-0.1, -0.05) is 0 Å². The molecule has 0 bridgehead atoms. The summed E-state index contributed by atoms with van der Waals surface area (Å²) in [5.41, 5.74) is 0. The molecule has 0 spiro atoms. The second-order valence-corrected chi connectivity index (χ2v) is 4.09. The fraction of sp³-hybridized carbons (Fsp3) is 1.00. The van der Waals surface area contributed by atoms with Crippen LogP contribution in [0.1, 0.15) is 0 Å². The Morgan fingerprint density at radius 3 is 2.22 bits per heavy atom. The Morgan fingerprint density at radius 2 is 2.11 bits per heavy atom. The van der Waals surface area contributed by atoms with Crippen LogP contribution in [0, 0.1) is 0 Å². The summed E-state index contributed by atoms with van der Waals surface area (Å²) in [6, 6.07) is 0. The molecule has 0 aliphatic carbocycles. The van der Waals surface area contributed by atoms with Crippen molar-refractivity contribution in [3.8, 4) is 0 Å². The van der Waals surface area contributed by atoms with Crippen LogP contribution in [0.4, 0.5) is 4.39 Å². The zero-order chi connectivity index (χ0) is 7.49. The van der Waals surface area contributed by atoms with E-state index in [9.17, 15) is 12.8 Å². The molecule has 1 N–H and O–H groups in total. The SMILES string of the molecule is CS(=O)(=O)CC(O)CF. The first kappa shape index (κ1) is 8.84. The zero-order valence-corrected chi connectivity index (χ0v) is 5.86. The highest BCUT2D eigenvalue weighted by Crippen LogP contribution is 1.90. The number of rotatable bonds is 3. The van der Waals surface area contributed by atoms with Crippen LogP contribution in [-0.4, -0.2) is 38.3 Å². The highest BCUT2D eigenvalue weighted by atomic mass is 32.2. The Bertz CT molecular complexity index is 163. The van der Waals surface area contributed by atoms with Crippen molar-refractivity contribution >= 4 is 9.84 Å².